The van der Waals surface area contributed by atoms with Gasteiger partial charge in [-0.3, -0.25) is 15.0 Å². The van der Waals surface area contributed by atoms with Crippen LogP contribution in [0.5, 0.6) is 0 Å². The summed E-state index contributed by atoms with van der Waals surface area (Å²) in [4.78, 5) is 13.8. The van der Waals surface area contributed by atoms with Gasteiger partial charge in [0.2, 0.25) is 0 Å². The lowest BCUT2D eigenvalue weighted by Crippen LogP contribution is -2.08. The molecule has 0 bridgehead atoms. The minimum absolute atomic E-state index is 0.356. The summed E-state index contributed by atoms with van der Waals surface area (Å²) in [5, 5.41) is 0. The van der Waals surface area contributed by atoms with Gasteiger partial charge in [0.1, 0.15) is 0 Å². The molecule has 1 atom stereocenters. The Balaban J connectivity index is 2.24. The highest BCUT2D eigenvalue weighted by Gasteiger charge is 2.12. The van der Waals surface area contributed by atoms with Crippen molar-refractivity contribution in [2.75, 3.05) is 0 Å². The van der Waals surface area contributed by atoms with E-state index in [1.54, 1.807) is 0 Å². The van der Waals surface area contributed by atoms with E-state index in [4.69, 9.17) is 0 Å². The molecule has 2 aromatic heterocycles. The number of nitrogens with zero attached hydrogens (tertiary/aromatic N) is 3. The highest BCUT2D eigenvalue weighted by Crippen LogP contribution is 2.20. The monoisotopic (exact) mass is 255 g/mol. The van der Waals surface area contributed by atoms with Crippen molar-refractivity contribution in [3.8, 4) is 0 Å². The fourth-order valence-electron chi connectivity index (χ4n) is 2.19. The zero-order chi connectivity index (χ0) is 14.0. The minimum atomic E-state index is 0.356. The van der Waals surface area contributed by atoms with Gasteiger partial charge in [-0.1, -0.05) is 13.0 Å². The third kappa shape index (κ3) is 3.16. The van der Waals surface area contributed by atoms with Crippen LogP contribution in [0.4, 0.5) is 0 Å². The van der Waals surface area contributed by atoms with Crippen LogP contribution in [0.3, 0.4) is 0 Å². The molecule has 0 saturated heterocycles. The highest BCUT2D eigenvalue weighted by atomic mass is 14.8. The van der Waals surface area contributed by atoms with Gasteiger partial charge in [0.15, 0.2) is 0 Å². The molecule has 0 fully saturated rings. The van der Waals surface area contributed by atoms with E-state index in [0.29, 0.717) is 5.92 Å². The van der Waals surface area contributed by atoms with Crippen molar-refractivity contribution in [3.05, 3.63) is 52.4 Å². The third-order valence-electron chi connectivity index (χ3n) is 3.49. The molecule has 1 unspecified atom stereocenters. The molecule has 2 rings (SSSR count). The molecule has 100 valence electrons. The van der Waals surface area contributed by atoms with Crippen molar-refractivity contribution >= 4 is 0 Å². The molecule has 0 aliphatic heterocycles. The predicted molar refractivity (Wildman–Crippen MR) is 77.3 cm³/mol. The number of hydrogen-bond acceptors (Lipinski definition) is 3. The molecule has 0 N–H and O–H groups in total. The standard InChI is InChI=1S/C16H21N3/c1-10(15-8-6-7-11(2)17-15)9-16-14(5)18-12(3)13(4)19-16/h6-8,10H,9H2,1-5H3. The number of aryl methyl sites for hydroxylation is 4. The molecule has 0 amide bonds. The Labute approximate surface area is 115 Å². The van der Waals surface area contributed by atoms with Gasteiger partial charge in [0, 0.05) is 17.3 Å². The Bertz CT molecular complexity index is 591. The molecular formula is C16H21N3. The average molecular weight is 255 g/mol. The SMILES string of the molecule is Cc1cccc(C(C)Cc2nc(C)c(C)nc2C)n1. The van der Waals surface area contributed by atoms with Crippen molar-refractivity contribution in [2.24, 2.45) is 0 Å². The Morgan fingerprint density at radius 3 is 2.26 bits per heavy atom. The van der Waals surface area contributed by atoms with Crippen molar-refractivity contribution in [2.45, 2.75) is 47.0 Å². The molecule has 3 heteroatoms. The molecule has 0 aliphatic carbocycles. The average Bonchev–Trinajstić information content (AvgIpc) is 2.36. The Morgan fingerprint density at radius 2 is 1.58 bits per heavy atom. The molecule has 0 radical (unpaired) electrons. The number of hydrogen-bond donors (Lipinski definition) is 0. The van der Waals surface area contributed by atoms with E-state index in [1.807, 2.05) is 33.8 Å². The lowest BCUT2D eigenvalue weighted by Gasteiger charge is -2.13. The predicted octanol–water partition coefficient (Wildman–Crippen LogP) is 3.45. The van der Waals surface area contributed by atoms with Crippen LogP contribution in [0.1, 0.15) is 47.0 Å². The van der Waals surface area contributed by atoms with Gasteiger partial charge in [-0.05, 0) is 46.2 Å². The second-order valence-corrected chi connectivity index (χ2v) is 5.24. The van der Waals surface area contributed by atoms with Crippen LogP contribution < -0.4 is 0 Å². The summed E-state index contributed by atoms with van der Waals surface area (Å²) >= 11 is 0. The molecule has 0 aliphatic rings. The summed E-state index contributed by atoms with van der Waals surface area (Å²) in [7, 11) is 0. The topological polar surface area (TPSA) is 38.7 Å². The van der Waals surface area contributed by atoms with E-state index < -0.39 is 0 Å². The van der Waals surface area contributed by atoms with Crippen molar-refractivity contribution < 1.29 is 0 Å². The summed E-state index contributed by atoms with van der Waals surface area (Å²) < 4.78 is 0. The normalized spacial score (nSPS) is 12.5. The fourth-order valence-corrected chi connectivity index (χ4v) is 2.19. The Kier molecular flexibility index (Phi) is 3.93. The fraction of sp³-hybridized carbons (Fsp3) is 0.438. The first-order chi connectivity index (χ1) is 8.97. The maximum atomic E-state index is 4.67. The second-order valence-electron chi connectivity index (χ2n) is 5.24. The zero-order valence-electron chi connectivity index (χ0n) is 12.4. The number of rotatable bonds is 3. The van der Waals surface area contributed by atoms with E-state index in [0.717, 1.165) is 40.6 Å². The molecule has 0 spiro atoms. The van der Waals surface area contributed by atoms with E-state index in [1.165, 1.54) is 0 Å². The van der Waals surface area contributed by atoms with Crippen LogP contribution in [0.25, 0.3) is 0 Å². The summed E-state index contributed by atoms with van der Waals surface area (Å²) in [5.41, 5.74) is 6.33. The van der Waals surface area contributed by atoms with E-state index >= 15 is 0 Å². The van der Waals surface area contributed by atoms with Gasteiger partial charge in [-0.2, -0.15) is 0 Å². The molecule has 3 nitrogen and oxygen atoms in total. The van der Waals surface area contributed by atoms with Crippen molar-refractivity contribution in [1.82, 2.24) is 15.0 Å². The molecule has 0 saturated carbocycles. The minimum Gasteiger partial charge on any atom is -0.258 e. The molecule has 2 heterocycles. The molecule has 0 aromatic carbocycles. The van der Waals surface area contributed by atoms with Crippen molar-refractivity contribution in [3.63, 3.8) is 0 Å². The summed E-state index contributed by atoms with van der Waals surface area (Å²) in [6, 6.07) is 6.17. The molecule has 19 heavy (non-hydrogen) atoms. The van der Waals surface area contributed by atoms with Crippen LogP contribution in [0, 0.1) is 27.7 Å². The first kappa shape index (κ1) is 13.7. The van der Waals surface area contributed by atoms with Crippen LogP contribution >= 0.6 is 0 Å². The van der Waals surface area contributed by atoms with E-state index in [2.05, 4.69) is 34.0 Å². The van der Waals surface area contributed by atoms with Gasteiger partial charge < -0.3 is 0 Å². The molecular weight excluding hydrogens is 234 g/mol. The van der Waals surface area contributed by atoms with Gasteiger partial charge in [0.05, 0.1) is 22.8 Å². The quantitative estimate of drug-likeness (QED) is 0.843. The summed E-state index contributed by atoms with van der Waals surface area (Å²) in [5.74, 6) is 0.356. The smallest absolute Gasteiger partial charge is 0.0625 e. The Hall–Kier alpha value is -1.77. The lowest BCUT2D eigenvalue weighted by molar-refractivity contribution is 0.698. The van der Waals surface area contributed by atoms with Gasteiger partial charge >= 0.3 is 0 Å². The number of aromatic nitrogens is 3. The van der Waals surface area contributed by atoms with Crippen molar-refractivity contribution in [1.29, 1.82) is 0 Å². The van der Waals surface area contributed by atoms with E-state index in [-0.39, 0.29) is 0 Å². The van der Waals surface area contributed by atoms with Gasteiger partial charge in [0.25, 0.3) is 0 Å². The zero-order valence-corrected chi connectivity index (χ0v) is 12.4. The lowest BCUT2D eigenvalue weighted by atomic mass is 9.99. The first-order valence-electron chi connectivity index (χ1n) is 6.71. The third-order valence-corrected chi connectivity index (χ3v) is 3.49. The van der Waals surface area contributed by atoms with Crippen LogP contribution in [-0.2, 0) is 6.42 Å². The number of pyridine rings is 1. The largest absolute Gasteiger partial charge is 0.258 e. The molecule has 2 aromatic rings. The first-order valence-corrected chi connectivity index (χ1v) is 6.71. The maximum Gasteiger partial charge on any atom is 0.0625 e. The summed E-state index contributed by atoms with van der Waals surface area (Å²) in [6.07, 6.45) is 0.885. The summed E-state index contributed by atoms with van der Waals surface area (Å²) in [6.45, 7) is 10.3. The maximum absolute atomic E-state index is 4.67. The van der Waals surface area contributed by atoms with E-state index in [9.17, 15) is 0 Å². The second kappa shape index (κ2) is 5.47. The van der Waals surface area contributed by atoms with Gasteiger partial charge in [-0.25, -0.2) is 0 Å². The Morgan fingerprint density at radius 1 is 0.895 bits per heavy atom. The van der Waals surface area contributed by atoms with Crippen LogP contribution in [0.15, 0.2) is 18.2 Å². The van der Waals surface area contributed by atoms with Gasteiger partial charge in [-0.15, -0.1) is 0 Å². The van der Waals surface area contributed by atoms with Crippen LogP contribution in [-0.4, -0.2) is 15.0 Å². The van der Waals surface area contributed by atoms with Crippen LogP contribution in [0.2, 0.25) is 0 Å². The highest BCUT2D eigenvalue weighted by molar-refractivity contribution is 5.21.